The maximum Gasteiger partial charge on any atom is 0.0668 e. The topological polar surface area (TPSA) is 15.7 Å². The molecule has 0 aromatic rings. The predicted molar refractivity (Wildman–Crippen MR) is 56.5 cm³/mol. The van der Waals surface area contributed by atoms with E-state index in [0.29, 0.717) is 13.2 Å². The summed E-state index contributed by atoms with van der Waals surface area (Å²) in [6.07, 6.45) is 7.94. The smallest absolute Gasteiger partial charge is 0.0668 e. The van der Waals surface area contributed by atoms with E-state index in [0.717, 1.165) is 0 Å². The molecule has 0 aliphatic carbocycles. The Balaban J connectivity index is 3.26. The van der Waals surface area contributed by atoms with Gasteiger partial charge in [0.15, 0.2) is 0 Å². The summed E-state index contributed by atoms with van der Waals surface area (Å²) in [6, 6.07) is 0. The first-order valence-corrected chi connectivity index (χ1v) is 4.37. The Kier molecular flexibility index (Phi) is 7.11. The minimum absolute atomic E-state index is 0.663. The van der Waals surface area contributed by atoms with Crippen LogP contribution in [0.4, 0.5) is 0 Å². The highest BCUT2D eigenvalue weighted by molar-refractivity contribution is 4.81. The van der Waals surface area contributed by atoms with Crippen molar-refractivity contribution in [2.45, 2.75) is 0 Å². The molecule has 0 fully saturated rings. The van der Waals surface area contributed by atoms with Crippen molar-refractivity contribution in [3.05, 3.63) is 24.6 Å². The lowest BCUT2D eigenvalue weighted by Gasteiger charge is -2.04. The van der Waals surface area contributed by atoms with Crippen LogP contribution in [-0.2, 0) is 4.74 Å². The largest absolute Gasteiger partial charge is 0.384 e. The standard InChI is InChI=1S/C10H20N2O/c1-11(2)7-5-9-13-10-6-8-12(3)4/h5-8H,9-10H2,1-4H3. The first kappa shape index (κ1) is 12.0. The molecule has 0 unspecified atom stereocenters. The molecule has 0 aromatic heterocycles. The van der Waals surface area contributed by atoms with E-state index in [9.17, 15) is 0 Å². The molecule has 0 N–H and O–H groups in total. The number of ether oxygens (including phenoxy) is 1. The minimum Gasteiger partial charge on any atom is -0.384 e. The van der Waals surface area contributed by atoms with Crippen molar-refractivity contribution in [1.82, 2.24) is 9.80 Å². The van der Waals surface area contributed by atoms with Crippen molar-refractivity contribution >= 4 is 0 Å². The molecular formula is C10H20N2O. The second-order valence-electron chi connectivity index (χ2n) is 3.23. The maximum atomic E-state index is 5.31. The Morgan fingerprint density at radius 3 is 1.54 bits per heavy atom. The fourth-order valence-electron chi connectivity index (χ4n) is 0.712. The Hall–Kier alpha value is -0.960. The summed E-state index contributed by atoms with van der Waals surface area (Å²) < 4.78 is 5.31. The lowest BCUT2D eigenvalue weighted by molar-refractivity contribution is 0.192. The van der Waals surface area contributed by atoms with Gasteiger partial charge in [-0.05, 0) is 24.6 Å². The zero-order chi connectivity index (χ0) is 10.1. The third-order valence-corrected chi connectivity index (χ3v) is 1.24. The van der Waals surface area contributed by atoms with E-state index in [4.69, 9.17) is 4.74 Å². The highest BCUT2D eigenvalue weighted by Gasteiger charge is 1.80. The predicted octanol–water partition coefficient (Wildman–Crippen LogP) is 1.15. The van der Waals surface area contributed by atoms with E-state index in [2.05, 4.69) is 0 Å². The van der Waals surface area contributed by atoms with Crippen LogP contribution in [0.25, 0.3) is 0 Å². The molecule has 0 bridgehead atoms. The zero-order valence-electron chi connectivity index (χ0n) is 9.03. The quantitative estimate of drug-likeness (QED) is 0.576. The summed E-state index contributed by atoms with van der Waals surface area (Å²) in [7, 11) is 7.95. The Morgan fingerprint density at radius 1 is 0.846 bits per heavy atom. The second kappa shape index (κ2) is 7.68. The highest BCUT2D eigenvalue weighted by Crippen LogP contribution is 1.83. The summed E-state index contributed by atoms with van der Waals surface area (Å²) in [5.41, 5.74) is 0. The van der Waals surface area contributed by atoms with Crippen LogP contribution >= 0.6 is 0 Å². The Bertz CT molecular complexity index is 144. The van der Waals surface area contributed by atoms with Crippen LogP contribution in [0.3, 0.4) is 0 Å². The minimum atomic E-state index is 0.663. The molecule has 0 saturated heterocycles. The maximum absolute atomic E-state index is 5.31. The second-order valence-corrected chi connectivity index (χ2v) is 3.23. The van der Waals surface area contributed by atoms with Crippen LogP contribution in [-0.4, -0.2) is 51.2 Å². The first-order chi connectivity index (χ1) is 6.13. The van der Waals surface area contributed by atoms with Crippen LogP contribution in [0.15, 0.2) is 24.6 Å². The molecular weight excluding hydrogens is 164 g/mol. The normalized spacial score (nSPS) is 11.4. The van der Waals surface area contributed by atoms with Crippen LogP contribution in [0.2, 0.25) is 0 Å². The van der Waals surface area contributed by atoms with Gasteiger partial charge in [0.25, 0.3) is 0 Å². The van der Waals surface area contributed by atoms with Crippen molar-refractivity contribution in [3.8, 4) is 0 Å². The Labute approximate surface area is 81.3 Å². The van der Waals surface area contributed by atoms with E-state index in [-0.39, 0.29) is 0 Å². The van der Waals surface area contributed by atoms with Crippen molar-refractivity contribution in [3.63, 3.8) is 0 Å². The summed E-state index contributed by atoms with van der Waals surface area (Å²) in [4.78, 5) is 3.97. The van der Waals surface area contributed by atoms with Crippen LogP contribution < -0.4 is 0 Å². The van der Waals surface area contributed by atoms with E-state index >= 15 is 0 Å². The fourth-order valence-corrected chi connectivity index (χ4v) is 0.712. The molecule has 0 heterocycles. The molecule has 0 saturated carbocycles. The average molecular weight is 184 g/mol. The van der Waals surface area contributed by atoms with Gasteiger partial charge < -0.3 is 14.5 Å². The lowest BCUT2D eigenvalue weighted by atomic mass is 10.6. The SMILES string of the molecule is CN(C)C=CCOCC=CN(C)C. The molecule has 0 rings (SSSR count). The van der Waals surface area contributed by atoms with Gasteiger partial charge in [0.2, 0.25) is 0 Å². The van der Waals surface area contributed by atoms with Gasteiger partial charge >= 0.3 is 0 Å². The molecule has 76 valence electrons. The third-order valence-electron chi connectivity index (χ3n) is 1.24. The number of hydrogen-bond acceptors (Lipinski definition) is 3. The number of rotatable bonds is 6. The van der Waals surface area contributed by atoms with Gasteiger partial charge in [0.1, 0.15) is 0 Å². The van der Waals surface area contributed by atoms with E-state index < -0.39 is 0 Å². The summed E-state index contributed by atoms with van der Waals surface area (Å²) in [5, 5.41) is 0. The fraction of sp³-hybridized carbons (Fsp3) is 0.600. The van der Waals surface area contributed by atoms with Gasteiger partial charge in [-0.15, -0.1) is 0 Å². The molecule has 0 radical (unpaired) electrons. The molecule has 3 nitrogen and oxygen atoms in total. The van der Waals surface area contributed by atoms with E-state index in [1.807, 2.05) is 62.5 Å². The molecule has 13 heavy (non-hydrogen) atoms. The molecule has 0 aliphatic rings. The van der Waals surface area contributed by atoms with E-state index in [1.165, 1.54) is 0 Å². The summed E-state index contributed by atoms with van der Waals surface area (Å²) in [6.45, 7) is 1.33. The van der Waals surface area contributed by atoms with Crippen molar-refractivity contribution in [2.24, 2.45) is 0 Å². The van der Waals surface area contributed by atoms with Crippen LogP contribution in [0.1, 0.15) is 0 Å². The van der Waals surface area contributed by atoms with E-state index in [1.54, 1.807) is 0 Å². The van der Waals surface area contributed by atoms with Crippen molar-refractivity contribution in [1.29, 1.82) is 0 Å². The summed E-state index contributed by atoms with van der Waals surface area (Å²) >= 11 is 0. The first-order valence-electron chi connectivity index (χ1n) is 4.37. The van der Waals surface area contributed by atoms with Crippen molar-refractivity contribution < 1.29 is 4.74 Å². The van der Waals surface area contributed by atoms with Gasteiger partial charge in [-0.3, -0.25) is 0 Å². The monoisotopic (exact) mass is 184 g/mol. The third kappa shape index (κ3) is 11.0. The van der Waals surface area contributed by atoms with Crippen LogP contribution in [0, 0.1) is 0 Å². The molecule has 0 atom stereocenters. The molecule has 0 aliphatic heterocycles. The van der Waals surface area contributed by atoms with Gasteiger partial charge in [-0.1, -0.05) is 0 Å². The van der Waals surface area contributed by atoms with Gasteiger partial charge in [-0.25, -0.2) is 0 Å². The number of nitrogens with zero attached hydrogens (tertiary/aromatic N) is 2. The molecule has 0 spiro atoms. The zero-order valence-corrected chi connectivity index (χ0v) is 9.03. The van der Waals surface area contributed by atoms with Gasteiger partial charge in [0, 0.05) is 28.2 Å². The highest BCUT2D eigenvalue weighted by atomic mass is 16.5. The van der Waals surface area contributed by atoms with Crippen molar-refractivity contribution in [2.75, 3.05) is 41.4 Å². The lowest BCUT2D eigenvalue weighted by Crippen LogP contribution is -2.02. The number of hydrogen-bond donors (Lipinski definition) is 0. The van der Waals surface area contributed by atoms with Crippen LogP contribution in [0.5, 0.6) is 0 Å². The summed E-state index contributed by atoms with van der Waals surface area (Å²) in [5.74, 6) is 0. The van der Waals surface area contributed by atoms with Gasteiger partial charge in [0.05, 0.1) is 13.2 Å². The molecule has 0 amide bonds. The van der Waals surface area contributed by atoms with Gasteiger partial charge in [-0.2, -0.15) is 0 Å². The molecule has 3 heteroatoms. The molecule has 0 aromatic carbocycles. The average Bonchev–Trinajstić information content (AvgIpc) is 2.01. The Morgan fingerprint density at radius 2 is 1.23 bits per heavy atom.